The predicted octanol–water partition coefficient (Wildman–Crippen LogP) is 5.70. The average molecular weight is 416 g/mol. The number of nitrogens with one attached hydrogen (secondary N) is 1. The summed E-state index contributed by atoms with van der Waals surface area (Å²) in [5.41, 5.74) is 2.77. The molecule has 1 saturated heterocycles. The van der Waals surface area contributed by atoms with Gasteiger partial charge in [-0.05, 0) is 73.9 Å². The molecule has 1 heterocycles. The van der Waals surface area contributed by atoms with Gasteiger partial charge in [0, 0.05) is 22.3 Å². The van der Waals surface area contributed by atoms with Gasteiger partial charge >= 0.3 is 0 Å². The van der Waals surface area contributed by atoms with Crippen LogP contribution in [0.25, 0.3) is 0 Å². The molecule has 3 atom stereocenters. The van der Waals surface area contributed by atoms with Crippen LogP contribution in [0.2, 0.25) is 0 Å². The van der Waals surface area contributed by atoms with E-state index in [2.05, 4.69) is 47.2 Å². The predicted molar refractivity (Wildman–Crippen MR) is 110 cm³/mol. The zero-order valence-corrected chi connectivity index (χ0v) is 17.0. The van der Waals surface area contributed by atoms with Crippen LogP contribution in [0.1, 0.15) is 42.6 Å². The van der Waals surface area contributed by atoms with Gasteiger partial charge in [0.15, 0.2) is 0 Å². The lowest BCUT2D eigenvalue weighted by Gasteiger charge is -2.32. The van der Waals surface area contributed by atoms with Crippen molar-refractivity contribution < 1.29 is 9.53 Å². The maximum atomic E-state index is 12.3. The molecule has 0 spiro atoms. The molecule has 4 heteroatoms. The van der Waals surface area contributed by atoms with Crippen LogP contribution in [0.4, 0.5) is 5.69 Å². The molecule has 3 rings (SSSR count). The number of rotatable bonds is 5. The number of hydrogen-bond acceptors (Lipinski definition) is 2. The fourth-order valence-corrected chi connectivity index (χ4v) is 3.80. The lowest BCUT2D eigenvalue weighted by atomic mass is 9.86. The van der Waals surface area contributed by atoms with Crippen molar-refractivity contribution in [3.05, 3.63) is 64.1 Å². The van der Waals surface area contributed by atoms with E-state index in [1.807, 2.05) is 36.4 Å². The van der Waals surface area contributed by atoms with Gasteiger partial charge in [-0.2, -0.15) is 0 Å². The van der Waals surface area contributed by atoms with Crippen molar-refractivity contribution >= 4 is 27.5 Å². The fraction of sp³-hybridized carbons (Fsp3) is 0.409. The highest BCUT2D eigenvalue weighted by molar-refractivity contribution is 9.10. The quantitative estimate of drug-likeness (QED) is 0.680. The number of benzene rings is 2. The summed E-state index contributed by atoms with van der Waals surface area (Å²) in [5, 5.41) is 2.95. The second-order valence-corrected chi connectivity index (χ2v) is 8.23. The van der Waals surface area contributed by atoms with Gasteiger partial charge in [0.05, 0.1) is 6.10 Å². The molecule has 0 bridgehead atoms. The maximum absolute atomic E-state index is 12.3. The summed E-state index contributed by atoms with van der Waals surface area (Å²) >= 11 is 3.39. The number of amides is 1. The molecule has 138 valence electrons. The number of hydrogen-bond donors (Lipinski definition) is 1. The lowest BCUT2D eigenvalue weighted by Crippen LogP contribution is -2.31. The SMILES string of the molecule is CC1CC(CCc2ccc(NC(=O)c3cccc(Br)c3)cc2)COC1C. The summed E-state index contributed by atoms with van der Waals surface area (Å²) in [5.74, 6) is 1.20. The Morgan fingerprint density at radius 2 is 1.96 bits per heavy atom. The molecule has 0 aromatic heterocycles. The van der Waals surface area contributed by atoms with E-state index in [0.29, 0.717) is 23.5 Å². The molecule has 26 heavy (non-hydrogen) atoms. The molecule has 0 aliphatic carbocycles. The lowest BCUT2D eigenvalue weighted by molar-refractivity contribution is -0.0417. The van der Waals surface area contributed by atoms with Crippen LogP contribution >= 0.6 is 15.9 Å². The largest absolute Gasteiger partial charge is 0.378 e. The molecule has 3 nitrogen and oxygen atoms in total. The molecule has 3 unspecified atom stereocenters. The first-order chi connectivity index (χ1) is 12.5. The van der Waals surface area contributed by atoms with Crippen molar-refractivity contribution in [1.82, 2.24) is 0 Å². The minimum Gasteiger partial charge on any atom is -0.378 e. The second kappa shape index (κ2) is 8.83. The monoisotopic (exact) mass is 415 g/mol. The van der Waals surface area contributed by atoms with Gasteiger partial charge in [0.1, 0.15) is 0 Å². The number of carbonyl (C=O) groups is 1. The highest BCUT2D eigenvalue weighted by Gasteiger charge is 2.24. The third-order valence-corrected chi connectivity index (χ3v) is 5.73. The van der Waals surface area contributed by atoms with Gasteiger partial charge in [0.2, 0.25) is 0 Å². The smallest absolute Gasteiger partial charge is 0.255 e. The van der Waals surface area contributed by atoms with Gasteiger partial charge in [-0.15, -0.1) is 0 Å². The number of aryl methyl sites for hydroxylation is 1. The van der Waals surface area contributed by atoms with E-state index in [4.69, 9.17) is 4.74 Å². The minimum absolute atomic E-state index is 0.0958. The Morgan fingerprint density at radius 1 is 1.19 bits per heavy atom. The topological polar surface area (TPSA) is 38.3 Å². The van der Waals surface area contributed by atoms with Gasteiger partial charge in [-0.25, -0.2) is 0 Å². The van der Waals surface area contributed by atoms with E-state index >= 15 is 0 Å². The maximum Gasteiger partial charge on any atom is 0.255 e. The molecule has 1 fully saturated rings. The summed E-state index contributed by atoms with van der Waals surface area (Å²) in [6.07, 6.45) is 3.84. The second-order valence-electron chi connectivity index (χ2n) is 7.32. The zero-order valence-electron chi connectivity index (χ0n) is 15.4. The van der Waals surface area contributed by atoms with Crippen LogP contribution in [-0.2, 0) is 11.2 Å². The van der Waals surface area contributed by atoms with Gasteiger partial charge < -0.3 is 10.1 Å². The molecular weight excluding hydrogens is 390 g/mol. The van der Waals surface area contributed by atoms with Crippen molar-refractivity contribution in [2.24, 2.45) is 11.8 Å². The summed E-state index contributed by atoms with van der Waals surface area (Å²) in [4.78, 5) is 12.3. The fourth-order valence-electron chi connectivity index (χ4n) is 3.40. The van der Waals surface area contributed by atoms with Crippen molar-refractivity contribution in [2.75, 3.05) is 11.9 Å². The Hall–Kier alpha value is -1.65. The molecule has 0 radical (unpaired) electrons. The van der Waals surface area contributed by atoms with Crippen LogP contribution in [0.15, 0.2) is 53.0 Å². The van der Waals surface area contributed by atoms with Gasteiger partial charge in [-0.3, -0.25) is 4.79 Å². The van der Waals surface area contributed by atoms with Crippen molar-refractivity contribution in [2.45, 2.75) is 39.2 Å². The first-order valence-corrected chi connectivity index (χ1v) is 10.1. The normalized spacial score (nSPS) is 22.8. The third kappa shape index (κ3) is 5.18. The van der Waals surface area contributed by atoms with Crippen LogP contribution in [0, 0.1) is 11.8 Å². The third-order valence-electron chi connectivity index (χ3n) is 5.24. The summed E-state index contributed by atoms with van der Waals surface area (Å²) in [6, 6.07) is 15.6. The Kier molecular flexibility index (Phi) is 6.49. The van der Waals surface area contributed by atoms with Crippen molar-refractivity contribution in [1.29, 1.82) is 0 Å². The summed E-state index contributed by atoms with van der Waals surface area (Å²) in [6.45, 7) is 5.33. The van der Waals surface area contributed by atoms with E-state index in [0.717, 1.165) is 29.6 Å². The first kappa shape index (κ1) is 19.1. The molecule has 1 aliphatic rings. The standard InChI is InChI=1S/C22H26BrNO2/c1-15-12-18(14-26-16(15)2)7-6-17-8-10-21(11-9-17)24-22(25)19-4-3-5-20(23)13-19/h3-5,8-11,13,15-16,18H,6-7,12,14H2,1-2H3,(H,24,25). The van der Waals surface area contributed by atoms with Crippen LogP contribution in [-0.4, -0.2) is 18.6 Å². The Balaban J connectivity index is 1.51. The van der Waals surface area contributed by atoms with Crippen LogP contribution in [0.5, 0.6) is 0 Å². The Morgan fingerprint density at radius 3 is 2.65 bits per heavy atom. The van der Waals surface area contributed by atoms with Crippen LogP contribution in [0.3, 0.4) is 0 Å². The van der Waals surface area contributed by atoms with Gasteiger partial charge in [-0.1, -0.05) is 41.1 Å². The van der Waals surface area contributed by atoms with Crippen molar-refractivity contribution in [3.63, 3.8) is 0 Å². The number of ether oxygens (including phenoxy) is 1. The Bertz CT molecular complexity index is 744. The highest BCUT2D eigenvalue weighted by atomic mass is 79.9. The number of carbonyl (C=O) groups excluding carboxylic acids is 1. The van der Waals surface area contributed by atoms with E-state index in [1.165, 1.54) is 12.0 Å². The highest BCUT2D eigenvalue weighted by Crippen LogP contribution is 2.27. The van der Waals surface area contributed by atoms with E-state index in [-0.39, 0.29) is 5.91 Å². The van der Waals surface area contributed by atoms with Crippen molar-refractivity contribution in [3.8, 4) is 0 Å². The number of anilines is 1. The van der Waals surface area contributed by atoms with E-state index in [1.54, 1.807) is 0 Å². The molecular formula is C22H26BrNO2. The molecule has 0 saturated carbocycles. The summed E-state index contributed by atoms with van der Waals surface area (Å²) < 4.78 is 6.75. The zero-order chi connectivity index (χ0) is 18.5. The first-order valence-electron chi connectivity index (χ1n) is 9.28. The number of halogens is 1. The minimum atomic E-state index is -0.0958. The van der Waals surface area contributed by atoms with E-state index < -0.39 is 0 Å². The Labute approximate surface area is 164 Å². The van der Waals surface area contributed by atoms with Gasteiger partial charge in [0.25, 0.3) is 5.91 Å². The molecule has 2 aromatic carbocycles. The molecule has 2 aromatic rings. The average Bonchev–Trinajstić information content (AvgIpc) is 2.64. The van der Waals surface area contributed by atoms with E-state index in [9.17, 15) is 4.79 Å². The molecule has 1 aliphatic heterocycles. The summed E-state index contributed by atoms with van der Waals surface area (Å²) in [7, 11) is 0. The molecule has 1 amide bonds. The molecule has 1 N–H and O–H groups in total. The van der Waals surface area contributed by atoms with Crippen LogP contribution < -0.4 is 5.32 Å².